The summed E-state index contributed by atoms with van der Waals surface area (Å²) in [7, 11) is -2.48. The first-order valence-corrected chi connectivity index (χ1v) is 11.4. The smallest absolute Gasteiger partial charge is 0.294 e. The van der Waals surface area contributed by atoms with E-state index >= 15 is 0 Å². The van der Waals surface area contributed by atoms with Crippen LogP contribution in [0.25, 0.3) is 16.3 Å². The van der Waals surface area contributed by atoms with Gasteiger partial charge in [-0.2, -0.15) is 18.9 Å². The third-order valence-corrected chi connectivity index (χ3v) is 6.66. The Kier molecular flexibility index (Phi) is 6.36. The topological polar surface area (TPSA) is 105 Å². The molecule has 3 aromatic rings. The van der Waals surface area contributed by atoms with E-state index in [-0.39, 0.29) is 16.5 Å². The lowest BCUT2D eigenvalue weighted by Gasteiger charge is -2.29. The molecular weight excluding hydrogens is 422 g/mol. The SMILES string of the molecule is CC(=C(C#N)C#N)c1ccc2cc(N(C)C(C)c3cc(C)ccc3S(=O)(=O)O)ccc2c1. The fourth-order valence-corrected chi connectivity index (χ4v) is 4.45. The van der Waals surface area contributed by atoms with Crippen molar-refractivity contribution in [3.05, 3.63) is 76.9 Å². The molecule has 3 rings (SSSR count). The van der Waals surface area contributed by atoms with Crippen molar-refractivity contribution < 1.29 is 13.0 Å². The molecular formula is C25H23N3O3S. The first-order chi connectivity index (χ1) is 15.1. The van der Waals surface area contributed by atoms with Crippen LogP contribution in [0.2, 0.25) is 0 Å². The van der Waals surface area contributed by atoms with Gasteiger partial charge in [0.05, 0.1) is 10.9 Å². The van der Waals surface area contributed by atoms with E-state index in [4.69, 9.17) is 10.5 Å². The third-order valence-electron chi connectivity index (χ3n) is 5.74. The van der Waals surface area contributed by atoms with Crippen molar-refractivity contribution in [2.75, 3.05) is 11.9 Å². The second-order valence-electron chi connectivity index (χ2n) is 7.77. The summed E-state index contributed by atoms with van der Waals surface area (Å²) < 4.78 is 33.4. The molecule has 0 amide bonds. The number of rotatable bonds is 5. The number of nitrogens with zero attached hydrogens (tertiary/aromatic N) is 3. The van der Waals surface area contributed by atoms with E-state index in [0.717, 1.165) is 27.6 Å². The zero-order valence-corrected chi connectivity index (χ0v) is 19.1. The fraction of sp³-hybridized carbons (Fsp3) is 0.200. The van der Waals surface area contributed by atoms with Crippen LogP contribution in [-0.2, 0) is 10.1 Å². The average Bonchev–Trinajstić information content (AvgIpc) is 2.77. The molecule has 7 heteroatoms. The summed E-state index contributed by atoms with van der Waals surface area (Å²) in [5, 5.41) is 20.1. The van der Waals surface area contributed by atoms with Gasteiger partial charge in [0.25, 0.3) is 10.1 Å². The number of allylic oxidation sites excluding steroid dienone is 2. The highest BCUT2D eigenvalue weighted by molar-refractivity contribution is 7.85. The van der Waals surface area contributed by atoms with E-state index < -0.39 is 10.1 Å². The monoisotopic (exact) mass is 445 g/mol. The summed E-state index contributed by atoms with van der Waals surface area (Å²) >= 11 is 0. The molecule has 0 aliphatic carbocycles. The van der Waals surface area contributed by atoms with E-state index in [1.807, 2.05) is 74.3 Å². The van der Waals surface area contributed by atoms with Crippen LogP contribution >= 0.6 is 0 Å². The highest BCUT2D eigenvalue weighted by atomic mass is 32.2. The van der Waals surface area contributed by atoms with Crippen LogP contribution in [-0.4, -0.2) is 20.0 Å². The van der Waals surface area contributed by atoms with E-state index in [2.05, 4.69) is 0 Å². The van der Waals surface area contributed by atoms with Gasteiger partial charge in [-0.15, -0.1) is 0 Å². The lowest BCUT2D eigenvalue weighted by molar-refractivity contribution is 0.481. The number of fused-ring (bicyclic) bond motifs is 1. The molecule has 0 aliphatic heterocycles. The summed E-state index contributed by atoms with van der Waals surface area (Å²) in [5.74, 6) is 0. The molecule has 0 spiro atoms. The Balaban J connectivity index is 2.02. The number of hydrogen-bond acceptors (Lipinski definition) is 5. The molecule has 162 valence electrons. The number of hydrogen-bond donors (Lipinski definition) is 1. The summed E-state index contributed by atoms with van der Waals surface area (Å²) in [6, 6.07) is 20.0. The highest BCUT2D eigenvalue weighted by Gasteiger charge is 2.22. The molecule has 1 unspecified atom stereocenters. The van der Waals surface area contributed by atoms with Crippen LogP contribution in [0, 0.1) is 29.6 Å². The number of anilines is 1. The normalized spacial score (nSPS) is 12.0. The maximum atomic E-state index is 11.9. The van der Waals surface area contributed by atoms with Gasteiger partial charge in [-0.05, 0) is 72.5 Å². The van der Waals surface area contributed by atoms with Crippen LogP contribution in [0.5, 0.6) is 0 Å². The van der Waals surface area contributed by atoms with Crippen LogP contribution in [0.15, 0.2) is 65.1 Å². The maximum Gasteiger partial charge on any atom is 0.294 e. The van der Waals surface area contributed by atoms with Gasteiger partial charge in [0.15, 0.2) is 0 Å². The number of aryl methyl sites for hydroxylation is 1. The molecule has 0 bridgehead atoms. The zero-order valence-electron chi connectivity index (χ0n) is 18.3. The molecule has 0 saturated heterocycles. The predicted molar refractivity (Wildman–Crippen MR) is 126 cm³/mol. The van der Waals surface area contributed by atoms with Crippen LogP contribution in [0.1, 0.15) is 36.6 Å². The van der Waals surface area contributed by atoms with Crippen molar-refractivity contribution in [3.8, 4) is 12.1 Å². The van der Waals surface area contributed by atoms with Gasteiger partial charge in [0.1, 0.15) is 17.7 Å². The van der Waals surface area contributed by atoms with Gasteiger partial charge in [-0.25, -0.2) is 0 Å². The summed E-state index contributed by atoms with van der Waals surface area (Å²) in [5.41, 5.74) is 3.82. The van der Waals surface area contributed by atoms with E-state index in [9.17, 15) is 13.0 Å². The minimum atomic E-state index is -4.35. The van der Waals surface area contributed by atoms with Crippen molar-refractivity contribution in [1.29, 1.82) is 10.5 Å². The van der Waals surface area contributed by atoms with Gasteiger partial charge in [-0.3, -0.25) is 4.55 Å². The summed E-state index contributed by atoms with van der Waals surface area (Å²) in [4.78, 5) is 1.85. The van der Waals surface area contributed by atoms with Crippen LogP contribution < -0.4 is 4.90 Å². The van der Waals surface area contributed by atoms with Crippen molar-refractivity contribution >= 4 is 32.2 Å². The van der Waals surface area contributed by atoms with Crippen LogP contribution in [0.3, 0.4) is 0 Å². The minimum Gasteiger partial charge on any atom is -0.368 e. The number of benzene rings is 3. The Labute approximate surface area is 188 Å². The first-order valence-electron chi connectivity index (χ1n) is 9.93. The molecule has 0 saturated carbocycles. The van der Waals surface area contributed by atoms with Gasteiger partial charge < -0.3 is 4.90 Å². The molecule has 0 radical (unpaired) electrons. The largest absolute Gasteiger partial charge is 0.368 e. The van der Waals surface area contributed by atoms with Crippen LogP contribution in [0.4, 0.5) is 5.69 Å². The minimum absolute atomic E-state index is 0.0855. The highest BCUT2D eigenvalue weighted by Crippen LogP contribution is 2.33. The van der Waals surface area contributed by atoms with E-state index in [0.29, 0.717) is 11.1 Å². The standard InChI is InChI=1S/C25H23N3O3S/c1-16-5-10-25(32(29,30)31)24(11-16)18(3)28(4)23-9-8-20-12-19(6-7-21(20)13-23)17(2)22(14-26)15-27/h5-13,18H,1-4H3,(H,29,30,31). The molecule has 1 atom stereocenters. The first kappa shape index (κ1) is 23.0. The summed E-state index contributed by atoms with van der Waals surface area (Å²) in [6.07, 6.45) is 0. The fourth-order valence-electron chi connectivity index (χ4n) is 3.68. The Morgan fingerprint density at radius 2 is 1.62 bits per heavy atom. The molecule has 0 fully saturated rings. The molecule has 1 N–H and O–H groups in total. The van der Waals surface area contributed by atoms with Gasteiger partial charge in [0.2, 0.25) is 0 Å². The number of nitriles is 2. The molecule has 0 aromatic heterocycles. The van der Waals surface area contributed by atoms with E-state index in [1.165, 1.54) is 6.07 Å². The van der Waals surface area contributed by atoms with Crippen molar-refractivity contribution in [2.45, 2.75) is 31.7 Å². The maximum absolute atomic E-state index is 11.9. The molecule has 32 heavy (non-hydrogen) atoms. The van der Waals surface area contributed by atoms with E-state index in [1.54, 1.807) is 19.1 Å². The second kappa shape index (κ2) is 8.84. The van der Waals surface area contributed by atoms with Gasteiger partial charge in [-0.1, -0.05) is 35.9 Å². The Morgan fingerprint density at radius 3 is 2.25 bits per heavy atom. The average molecular weight is 446 g/mol. The van der Waals surface area contributed by atoms with Crippen molar-refractivity contribution in [1.82, 2.24) is 0 Å². The Hall–Kier alpha value is -3.65. The Morgan fingerprint density at radius 1 is 1.00 bits per heavy atom. The summed E-state index contributed by atoms with van der Waals surface area (Å²) in [6.45, 7) is 5.51. The second-order valence-corrected chi connectivity index (χ2v) is 9.16. The molecule has 0 heterocycles. The predicted octanol–water partition coefficient (Wildman–Crippen LogP) is 5.41. The lowest BCUT2D eigenvalue weighted by Crippen LogP contribution is -2.23. The Bertz CT molecular complexity index is 1410. The van der Waals surface area contributed by atoms with Crippen molar-refractivity contribution in [2.24, 2.45) is 0 Å². The third kappa shape index (κ3) is 4.50. The van der Waals surface area contributed by atoms with Gasteiger partial charge in [0, 0.05) is 12.7 Å². The lowest BCUT2D eigenvalue weighted by atomic mass is 9.98. The molecule has 0 aliphatic rings. The molecule has 3 aromatic carbocycles. The van der Waals surface area contributed by atoms with Crippen molar-refractivity contribution in [3.63, 3.8) is 0 Å². The zero-order chi connectivity index (χ0) is 23.6. The quantitative estimate of drug-likeness (QED) is 0.416. The van der Waals surface area contributed by atoms with Gasteiger partial charge >= 0.3 is 0 Å². The molecule has 6 nitrogen and oxygen atoms in total.